The Hall–Kier alpha value is -1.82. The number of aryl methyl sites for hydroxylation is 1. The largest absolute Gasteiger partial charge is 0.486 e. The van der Waals surface area contributed by atoms with Crippen LogP contribution in [0.1, 0.15) is 5.56 Å². The Kier molecular flexibility index (Phi) is 3.25. The van der Waals surface area contributed by atoms with Crippen molar-refractivity contribution >= 4 is 22.6 Å². The molecule has 1 aromatic carbocycles. The average molecular weight is 385 g/mol. The zero-order valence-corrected chi connectivity index (χ0v) is 12.6. The third-order valence-corrected chi connectivity index (χ3v) is 3.82. The fraction of sp³-hybridized carbons (Fsp3) is 0.231. The Morgan fingerprint density at radius 2 is 2.20 bits per heavy atom. The molecule has 0 amide bonds. The number of hydrogen-bond donors (Lipinski definition) is 0. The van der Waals surface area contributed by atoms with Crippen LogP contribution in [0, 0.1) is 20.7 Å². The molecule has 0 spiro atoms. The lowest BCUT2D eigenvalue weighted by atomic mass is 10.0. The highest BCUT2D eigenvalue weighted by Crippen LogP contribution is 2.42. The molecule has 1 aliphatic rings. The van der Waals surface area contributed by atoms with E-state index in [1.807, 2.05) is 6.07 Å². The summed E-state index contributed by atoms with van der Waals surface area (Å²) in [5.74, 6) is 0.0469. The third-order valence-electron chi connectivity index (χ3n) is 3.03. The van der Waals surface area contributed by atoms with Crippen LogP contribution in [0.5, 0.6) is 11.5 Å². The van der Waals surface area contributed by atoms with E-state index in [0.717, 1.165) is 3.57 Å². The lowest BCUT2D eigenvalue weighted by molar-refractivity contribution is 0.170. The van der Waals surface area contributed by atoms with Crippen molar-refractivity contribution in [3.05, 3.63) is 27.2 Å². The van der Waals surface area contributed by atoms with E-state index in [4.69, 9.17) is 9.47 Å². The van der Waals surface area contributed by atoms with E-state index >= 15 is 0 Å². The Balaban J connectivity index is 2.34. The molecule has 7 heteroatoms. The smallest absolute Gasteiger partial charge is 0.179 e. The fourth-order valence-corrected chi connectivity index (χ4v) is 2.93. The normalized spacial score (nSPS) is 13.1. The molecule has 0 aliphatic carbocycles. The summed E-state index contributed by atoms with van der Waals surface area (Å²) in [6.07, 6.45) is 1.62. The Morgan fingerprint density at radius 3 is 2.85 bits per heavy atom. The molecular formula is C13H9FIN3O2. The zero-order chi connectivity index (χ0) is 14.3. The summed E-state index contributed by atoms with van der Waals surface area (Å²) in [5, 5.41) is 13.5. The summed E-state index contributed by atoms with van der Waals surface area (Å²) in [5.41, 5.74) is 0.888. The molecule has 0 radical (unpaired) electrons. The van der Waals surface area contributed by atoms with E-state index in [1.165, 1.54) is 10.7 Å². The summed E-state index contributed by atoms with van der Waals surface area (Å²) >= 11 is 2.06. The van der Waals surface area contributed by atoms with Gasteiger partial charge in [-0.3, -0.25) is 4.68 Å². The number of benzene rings is 1. The Bertz CT molecular complexity index is 717. The minimum absolute atomic E-state index is 0.140. The first-order valence-electron chi connectivity index (χ1n) is 5.83. The molecule has 0 N–H and O–H groups in total. The molecule has 0 bridgehead atoms. The van der Waals surface area contributed by atoms with Gasteiger partial charge in [-0.25, -0.2) is 4.39 Å². The number of aromatic nitrogens is 2. The molecule has 0 saturated heterocycles. The van der Waals surface area contributed by atoms with Gasteiger partial charge in [-0.2, -0.15) is 10.4 Å². The number of ether oxygens (including phenoxy) is 2. The Morgan fingerprint density at radius 1 is 1.45 bits per heavy atom. The van der Waals surface area contributed by atoms with E-state index in [9.17, 15) is 9.65 Å². The van der Waals surface area contributed by atoms with Crippen LogP contribution in [-0.2, 0) is 7.05 Å². The molecule has 20 heavy (non-hydrogen) atoms. The summed E-state index contributed by atoms with van der Waals surface area (Å²) in [7, 11) is 1.70. The van der Waals surface area contributed by atoms with Gasteiger partial charge in [-0.05, 0) is 22.6 Å². The summed E-state index contributed by atoms with van der Waals surface area (Å²) in [4.78, 5) is 0. The van der Waals surface area contributed by atoms with Gasteiger partial charge in [0.15, 0.2) is 11.5 Å². The highest BCUT2D eigenvalue weighted by molar-refractivity contribution is 14.1. The van der Waals surface area contributed by atoms with Crippen LogP contribution in [0.3, 0.4) is 0 Å². The number of halogens is 2. The molecular weight excluding hydrogens is 376 g/mol. The van der Waals surface area contributed by atoms with Gasteiger partial charge in [0.1, 0.15) is 30.7 Å². The Labute approximate surface area is 128 Å². The third kappa shape index (κ3) is 1.91. The fourth-order valence-electron chi connectivity index (χ4n) is 2.18. The summed E-state index contributed by atoms with van der Waals surface area (Å²) < 4.78 is 27.5. The molecule has 0 atom stereocenters. The van der Waals surface area contributed by atoms with Gasteiger partial charge >= 0.3 is 0 Å². The van der Waals surface area contributed by atoms with Crippen LogP contribution in [-0.4, -0.2) is 23.0 Å². The second-order valence-corrected chi connectivity index (χ2v) is 5.37. The van der Waals surface area contributed by atoms with Gasteiger partial charge in [0, 0.05) is 13.1 Å². The van der Waals surface area contributed by atoms with Crippen molar-refractivity contribution in [1.29, 1.82) is 5.26 Å². The standard InChI is InChI=1S/C13H9FIN3O2/c1-18-12(9(15)6-17-18)11-7(5-16)13-10(4-8(11)14)19-2-3-20-13/h4,6H,2-3H2,1H3. The van der Waals surface area contributed by atoms with Crippen LogP contribution < -0.4 is 9.47 Å². The SMILES string of the molecule is Cn1ncc(I)c1-c1c(F)cc2c(c1C#N)OCCO2. The molecule has 0 unspecified atom stereocenters. The molecule has 2 heterocycles. The minimum atomic E-state index is -0.521. The topological polar surface area (TPSA) is 60.1 Å². The van der Waals surface area contributed by atoms with Gasteiger partial charge in [-0.1, -0.05) is 0 Å². The predicted octanol–water partition coefficient (Wildman–Crippen LogP) is 2.47. The van der Waals surface area contributed by atoms with Gasteiger partial charge in [0.25, 0.3) is 0 Å². The van der Waals surface area contributed by atoms with Gasteiger partial charge in [-0.15, -0.1) is 0 Å². The molecule has 1 aliphatic heterocycles. The van der Waals surface area contributed by atoms with E-state index < -0.39 is 5.82 Å². The number of fused-ring (bicyclic) bond motifs is 1. The molecule has 0 fully saturated rings. The molecule has 0 saturated carbocycles. The predicted molar refractivity (Wildman–Crippen MR) is 77.0 cm³/mol. The van der Waals surface area contributed by atoms with Crippen molar-refractivity contribution in [2.75, 3.05) is 13.2 Å². The molecule has 5 nitrogen and oxygen atoms in total. The monoisotopic (exact) mass is 385 g/mol. The number of rotatable bonds is 1. The van der Waals surface area contributed by atoms with E-state index in [0.29, 0.717) is 24.7 Å². The maximum Gasteiger partial charge on any atom is 0.179 e. The number of hydrogen-bond acceptors (Lipinski definition) is 4. The van der Waals surface area contributed by atoms with Crippen molar-refractivity contribution in [3.63, 3.8) is 0 Å². The van der Waals surface area contributed by atoms with Crippen LogP contribution in [0.4, 0.5) is 4.39 Å². The second kappa shape index (κ2) is 4.94. The van der Waals surface area contributed by atoms with Crippen LogP contribution >= 0.6 is 22.6 Å². The van der Waals surface area contributed by atoms with Crippen LogP contribution in [0.15, 0.2) is 12.3 Å². The van der Waals surface area contributed by atoms with E-state index in [1.54, 1.807) is 13.2 Å². The highest BCUT2D eigenvalue weighted by Gasteiger charge is 2.26. The lowest BCUT2D eigenvalue weighted by Gasteiger charge is -2.21. The van der Waals surface area contributed by atoms with Crippen LogP contribution in [0.25, 0.3) is 11.3 Å². The minimum Gasteiger partial charge on any atom is -0.486 e. The molecule has 2 aromatic rings. The van der Waals surface area contributed by atoms with Gasteiger partial charge in [0.2, 0.25) is 0 Å². The first kappa shape index (κ1) is 13.2. The van der Waals surface area contributed by atoms with Crippen molar-refractivity contribution < 1.29 is 13.9 Å². The average Bonchev–Trinajstić information content (AvgIpc) is 2.77. The molecule has 3 rings (SSSR count). The van der Waals surface area contributed by atoms with Gasteiger partial charge < -0.3 is 9.47 Å². The van der Waals surface area contributed by atoms with E-state index in [-0.39, 0.29) is 16.9 Å². The highest BCUT2D eigenvalue weighted by atomic mass is 127. The van der Waals surface area contributed by atoms with E-state index in [2.05, 4.69) is 27.7 Å². The van der Waals surface area contributed by atoms with Crippen molar-refractivity contribution in [2.45, 2.75) is 0 Å². The quantitative estimate of drug-likeness (QED) is 0.708. The van der Waals surface area contributed by atoms with Gasteiger partial charge in [0.05, 0.1) is 21.0 Å². The molecule has 102 valence electrons. The zero-order valence-electron chi connectivity index (χ0n) is 10.5. The maximum atomic E-state index is 14.4. The summed E-state index contributed by atoms with van der Waals surface area (Å²) in [6, 6.07) is 3.28. The van der Waals surface area contributed by atoms with Crippen molar-refractivity contribution in [1.82, 2.24) is 9.78 Å². The lowest BCUT2D eigenvalue weighted by Crippen LogP contribution is -2.17. The van der Waals surface area contributed by atoms with Crippen molar-refractivity contribution in [2.24, 2.45) is 7.05 Å². The van der Waals surface area contributed by atoms with Crippen molar-refractivity contribution in [3.8, 4) is 28.8 Å². The number of nitrogens with zero attached hydrogens (tertiary/aromatic N) is 3. The first-order valence-corrected chi connectivity index (χ1v) is 6.91. The second-order valence-electron chi connectivity index (χ2n) is 4.21. The number of nitriles is 1. The summed E-state index contributed by atoms with van der Waals surface area (Å²) in [6.45, 7) is 0.690. The van der Waals surface area contributed by atoms with Crippen LogP contribution in [0.2, 0.25) is 0 Å². The first-order chi connectivity index (χ1) is 9.63. The molecule has 1 aromatic heterocycles. The maximum absolute atomic E-state index is 14.4.